The fraction of sp³-hybridized carbons (Fsp3) is 0.263. The Morgan fingerprint density at radius 2 is 1.59 bits per heavy atom. The molecule has 112 valence electrons. The number of cyclic esters (lactones) is 1. The van der Waals surface area contributed by atoms with Crippen molar-refractivity contribution in [3.05, 3.63) is 71.8 Å². The van der Waals surface area contributed by atoms with Crippen molar-refractivity contribution < 1.29 is 9.53 Å². The van der Waals surface area contributed by atoms with Gasteiger partial charge in [0.15, 0.2) is 5.54 Å². The molecule has 0 spiro atoms. The molecule has 0 aromatic heterocycles. The average molecular weight is 293 g/mol. The zero-order valence-electron chi connectivity index (χ0n) is 12.8. The molecule has 1 aliphatic rings. The molecule has 1 heterocycles. The van der Waals surface area contributed by atoms with Crippen molar-refractivity contribution in [1.29, 1.82) is 0 Å². The highest BCUT2D eigenvalue weighted by molar-refractivity contribution is 6.08. The van der Waals surface area contributed by atoms with Gasteiger partial charge in [-0.2, -0.15) is 0 Å². The third-order valence-electron chi connectivity index (χ3n) is 4.14. The van der Waals surface area contributed by atoms with Crippen LogP contribution in [0.5, 0.6) is 0 Å². The number of ether oxygens (including phenoxy) is 1. The first-order valence-corrected chi connectivity index (χ1v) is 7.53. The topological polar surface area (TPSA) is 38.7 Å². The predicted molar refractivity (Wildman–Crippen MR) is 86.8 cm³/mol. The molecular weight excluding hydrogens is 274 g/mol. The minimum absolute atomic E-state index is 0.0569. The number of hydrogen-bond acceptors (Lipinski definition) is 3. The average Bonchev–Trinajstić information content (AvgIpc) is 2.87. The molecule has 0 bridgehead atoms. The summed E-state index contributed by atoms with van der Waals surface area (Å²) in [6.07, 6.45) is 0.556. The van der Waals surface area contributed by atoms with Crippen molar-refractivity contribution >= 4 is 11.9 Å². The SMILES string of the molecule is CC(C)C1(Cc2ccccc2)N=C(c2ccccc2)OC1=O. The van der Waals surface area contributed by atoms with Crippen molar-refractivity contribution in [2.24, 2.45) is 10.9 Å². The van der Waals surface area contributed by atoms with Crippen molar-refractivity contribution in [3.8, 4) is 0 Å². The van der Waals surface area contributed by atoms with Crippen LogP contribution in [0.3, 0.4) is 0 Å². The zero-order valence-corrected chi connectivity index (χ0v) is 12.8. The van der Waals surface area contributed by atoms with Gasteiger partial charge in [-0.05, 0) is 23.6 Å². The molecule has 0 fully saturated rings. The molecule has 0 N–H and O–H groups in total. The van der Waals surface area contributed by atoms with E-state index in [1.807, 2.05) is 74.5 Å². The summed E-state index contributed by atoms with van der Waals surface area (Å²) in [5.74, 6) is 0.224. The molecule has 0 saturated carbocycles. The van der Waals surface area contributed by atoms with E-state index in [9.17, 15) is 4.79 Å². The standard InChI is InChI=1S/C19H19NO2/c1-14(2)19(13-15-9-5-3-6-10-15)18(21)22-17(20-19)16-11-7-4-8-12-16/h3-12,14H,13H2,1-2H3. The van der Waals surface area contributed by atoms with Gasteiger partial charge in [0.2, 0.25) is 5.90 Å². The maximum Gasteiger partial charge on any atom is 0.341 e. The maximum atomic E-state index is 12.6. The summed E-state index contributed by atoms with van der Waals surface area (Å²) in [5.41, 5.74) is 1.09. The monoisotopic (exact) mass is 293 g/mol. The lowest BCUT2D eigenvalue weighted by Gasteiger charge is -2.26. The van der Waals surface area contributed by atoms with E-state index < -0.39 is 5.54 Å². The van der Waals surface area contributed by atoms with Gasteiger partial charge in [-0.1, -0.05) is 62.4 Å². The highest BCUT2D eigenvalue weighted by Gasteiger charge is 2.48. The van der Waals surface area contributed by atoms with Crippen LogP contribution in [-0.4, -0.2) is 17.4 Å². The van der Waals surface area contributed by atoms with Crippen LogP contribution >= 0.6 is 0 Å². The number of rotatable bonds is 4. The van der Waals surface area contributed by atoms with E-state index in [0.29, 0.717) is 12.3 Å². The maximum absolute atomic E-state index is 12.6. The summed E-state index contributed by atoms with van der Waals surface area (Å²) >= 11 is 0. The smallest absolute Gasteiger partial charge is 0.341 e. The van der Waals surface area contributed by atoms with Crippen LogP contribution in [0, 0.1) is 5.92 Å². The Labute approximate surface area is 130 Å². The van der Waals surface area contributed by atoms with Crippen LogP contribution in [-0.2, 0) is 16.0 Å². The van der Waals surface area contributed by atoms with Gasteiger partial charge >= 0.3 is 5.97 Å². The van der Waals surface area contributed by atoms with Crippen molar-refractivity contribution in [2.45, 2.75) is 25.8 Å². The fourth-order valence-corrected chi connectivity index (χ4v) is 2.72. The van der Waals surface area contributed by atoms with E-state index in [1.165, 1.54) is 0 Å². The minimum Gasteiger partial charge on any atom is -0.405 e. The van der Waals surface area contributed by atoms with E-state index >= 15 is 0 Å². The molecule has 22 heavy (non-hydrogen) atoms. The van der Waals surface area contributed by atoms with Crippen molar-refractivity contribution in [2.75, 3.05) is 0 Å². The van der Waals surface area contributed by atoms with Gasteiger partial charge in [0.25, 0.3) is 0 Å². The first kappa shape index (κ1) is 14.5. The first-order valence-electron chi connectivity index (χ1n) is 7.53. The Bertz CT molecular complexity index is 692. The van der Waals surface area contributed by atoms with Gasteiger partial charge in [-0.3, -0.25) is 0 Å². The summed E-state index contributed by atoms with van der Waals surface area (Å²) in [6.45, 7) is 4.03. The third kappa shape index (κ3) is 2.54. The lowest BCUT2D eigenvalue weighted by molar-refractivity contribution is -0.140. The molecule has 0 amide bonds. The Hall–Kier alpha value is -2.42. The van der Waals surface area contributed by atoms with Gasteiger partial charge in [0, 0.05) is 12.0 Å². The van der Waals surface area contributed by atoms with Gasteiger partial charge in [0.05, 0.1) is 0 Å². The van der Waals surface area contributed by atoms with Gasteiger partial charge in [-0.15, -0.1) is 0 Å². The van der Waals surface area contributed by atoms with E-state index in [1.54, 1.807) is 0 Å². The summed E-state index contributed by atoms with van der Waals surface area (Å²) in [5, 5.41) is 0. The zero-order chi connectivity index (χ0) is 15.6. The Kier molecular flexibility index (Phi) is 3.80. The highest BCUT2D eigenvalue weighted by atomic mass is 16.6. The molecule has 3 nitrogen and oxygen atoms in total. The number of aliphatic imine (C=N–C) groups is 1. The second-order valence-corrected chi connectivity index (χ2v) is 5.91. The van der Waals surface area contributed by atoms with Gasteiger partial charge in [-0.25, -0.2) is 9.79 Å². The van der Waals surface area contributed by atoms with Gasteiger partial charge < -0.3 is 4.74 Å². The Morgan fingerprint density at radius 3 is 2.18 bits per heavy atom. The van der Waals surface area contributed by atoms with Crippen LogP contribution in [0.15, 0.2) is 65.7 Å². The van der Waals surface area contributed by atoms with Crippen LogP contribution in [0.4, 0.5) is 0 Å². The second kappa shape index (κ2) is 5.76. The predicted octanol–water partition coefficient (Wildman–Crippen LogP) is 3.63. The quantitative estimate of drug-likeness (QED) is 0.807. The van der Waals surface area contributed by atoms with Crippen molar-refractivity contribution in [3.63, 3.8) is 0 Å². The molecule has 3 heteroatoms. The Balaban J connectivity index is 2.00. The molecule has 2 aromatic carbocycles. The molecule has 1 aliphatic heterocycles. The van der Waals surface area contributed by atoms with Crippen LogP contribution in [0.25, 0.3) is 0 Å². The molecule has 0 radical (unpaired) electrons. The molecule has 1 unspecified atom stereocenters. The highest BCUT2D eigenvalue weighted by Crippen LogP contribution is 2.34. The fourth-order valence-electron chi connectivity index (χ4n) is 2.72. The van der Waals surface area contributed by atoms with Crippen molar-refractivity contribution in [1.82, 2.24) is 0 Å². The first-order chi connectivity index (χ1) is 10.6. The number of benzene rings is 2. The molecule has 0 aliphatic carbocycles. The number of carbonyl (C=O) groups excluding carboxylic acids is 1. The molecule has 1 atom stereocenters. The Morgan fingerprint density at radius 1 is 1.00 bits per heavy atom. The van der Waals surface area contributed by atoms with Crippen LogP contribution in [0.1, 0.15) is 25.0 Å². The normalized spacial score (nSPS) is 20.9. The molecule has 3 rings (SSSR count). The summed E-state index contributed by atoms with van der Waals surface area (Å²) < 4.78 is 5.51. The number of hydrogen-bond donors (Lipinski definition) is 0. The van der Waals surface area contributed by atoms with E-state index in [0.717, 1.165) is 11.1 Å². The third-order valence-corrected chi connectivity index (χ3v) is 4.14. The van der Waals surface area contributed by atoms with E-state index in [4.69, 9.17) is 9.73 Å². The minimum atomic E-state index is -0.841. The van der Waals surface area contributed by atoms with Crippen LogP contribution in [0.2, 0.25) is 0 Å². The lowest BCUT2D eigenvalue weighted by atomic mass is 9.82. The number of esters is 1. The molecule has 2 aromatic rings. The molecular formula is C19H19NO2. The van der Waals surface area contributed by atoms with E-state index in [2.05, 4.69) is 0 Å². The number of carbonyl (C=O) groups is 1. The number of nitrogens with zero attached hydrogens (tertiary/aromatic N) is 1. The summed E-state index contributed by atoms with van der Waals surface area (Å²) in [7, 11) is 0. The van der Waals surface area contributed by atoms with Crippen LogP contribution < -0.4 is 0 Å². The summed E-state index contributed by atoms with van der Waals surface area (Å²) in [4.78, 5) is 17.3. The lowest BCUT2D eigenvalue weighted by Crippen LogP contribution is -2.41. The largest absolute Gasteiger partial charge is 0.405 e. The van der Waals surface area contributed by atoms with Gasteiger partial charge in [0.1, 0.15) is 0 Å². The molecule has 0 saturated heterocycles. The second-order valence-electron chi connectivity index (χ2n) is 5.91. The van der Waals surface area contributed by atoms with E-state index in [-0.39, 0.29) is 11.9 Å². The summed E-state index contributed by atoms with van der Waals surface area (Å²) in [6, 6.07) is 19.5.